The molecule has 26 heteroatoms. The zero-order valence-corrected chi connectivity index (χ0v) is 90.8. The molecular formula is C120H78F6N8O4P4Pt4. The predicted molar refractivity (Wildman–Crippen MR) is 561 cm³/mol. The van der Waals surface area contributed by atoms with E-state index in [4.69, 9.17) is 38.9 Å². The minimum Gasteiger partial charge on any atom is -0.460 e. The second-order valence-corrected chi connectivity index (χ2v) is 42.1. The third kappa shape index (κ3) is 22.6. The minimum atomic E-state index is -4.58. The van der Waals surface area contributed by atoms with E-state index < -0.39 is 59.5 Å². The molecule has 4 atom stereocenters. The van der Waals surface area contributed by atoms with Gasteiger partial charge in [-0.05, 0) is 184 Å². The number of hydrogen-bond acceptors (Lipinski definition) is 12. The average Bonchev–Trinajstić information content (AvgIpc) is 1.60. The van der Waals surface area contributed by atoms with Gasteiger partial charge in [-0.3, -0.25) is 19.9 Å². The molecule has 24 rings (SSSR count). The number of nitrogens with zero attached hydrogens (tertiary/aromatic N) is 8. The van der Waals surface area contributed by atoms with E-state index in [-0.39, 0.29) is 102 Å². The standard InChI is InChI=1S/2C30H18F3N2OP.2C30H21N2OP.4Pt/c1-19-13-15-34-28(16-19)37-26-10-3-2-8-23(26)24-12-11-21(18-27(24)37)20-6-4-7-22(17-20)36-29-25(30(31,32)33)9-5-14-35-29;1-19-11-13-35-29(15-19)37-26-8-3-2-7-24(26)25-10-9-21(17-27(25)37)20-5-4-6-23(16-20)36-28-18-22(12-14-34-28)30(31,32)33;1-20-15-16-31-30(17-20)34-27-11-4-3-10-25(27)26-14-13-23(19-28(26)34)22-8-6-9-24(18-22)33-29-12-5-7-21(2)32-29;1-20-14-15-31-30(16-20)34-27-9-4-3-8-25(27)26-12-11-23(18-28(26)34)22-6-5-7-24(17-22)33-29-13-10-21(2)19-32-29;;;;/h2-16H,1H3;2-15,18H,1H3;3-17H,1-2H3;3-16,19H,1-2H3;;;;/q4*-2;4*+2. The van der Waals surface area contributed by atoms with Gasteiger partial charge >= 0.3 is 96.6 Å². The molecule has 24 aromatic rings. The molecule has 0 amide bonds. The zero-order valence-electron chi connectivity index (χ0n) is 78.2. The van der Waals surface area contributed by atoms with Crippen LogP contribution in [0.15, 0.2) is 365 Å². The van der Waals surface area contributed by atoms with Crippen LogP contribution in [0.25, 0.3) is 150 Å². The van der Waals surface area contributed by atoms with Gasteiger partial charge in [-0.2, -0.15) is 123 Å². The van der Waals surface area contributed by atoms with Crippen LogP contribution < -0.4 is 18.9 Å². The number of alkyl halides is 6. The summed E-state index contributed by atoms with van der Waals surface area (Å²) in [6.07, 6.45) is 2.58. The fourth-order valence-corrected chi connectivity index (χ4v) is 27.5. The molecule has 0 aliphatic rings. The van der Waals surface area contributed by atoms with E-state index in [0.29, 0.717) is 28.8 Å². The van der Waals surface area contributed by atoms with Gasteiger partial charge in [0, 0.05) is 90.3 Å². The summed E-state index contributed by atoms with van der Waals surface area (Å²) in [6.45, 7) is 12.3. The van der Waals surface area contributed by atoms with E-state index in [1.54, 1.807) is 30.5 Å². The van der Waals surface area contributed by atoms with Gasteiger partial charge in [0.25, 0.3) is 0 Å². The molecule has 4 unspecified atom stereocenters. The van der Waals surface area contributed by atoms with Crippen molar-refractivity contribution in [3.05, 3.63) is 458 Å². The first-order chi connectivity index (χ1) is 69.1. The molecule has 0 fully saturated rings. The van der Waals surface area contributed by atoms with E-state index in [9.17, 15) is 26.3 Å². The van der Waals surface area contributed by atoms with Crippen LogP contribution in [0, 0.1) is 90.1 Å². The Morgan fingerprint density at radius 3 is 0.918 bits per heavy atom. The number of halogens is 6. The second kappa shape index (κ2) is 45.3. The Morgan fingerprint density at radius 2 is 0.575 bits per heavy atom. The fourth-order valence-electron chi connectivity index (χ4n) is 17.2. The summed E-state index contributed by atoms with van der Waals surface area (Å²) >= 11 is 0. The number of aryl methyl sites for hydroxylation is 6. The summed E-state index contributed by atoms with van der Waals surface area (Å²) < 4.78 is 103. The topological polar surface area (TPSA) is 140 Å². The predicted octanol–water partition coefficient (Wildman–Crippen LogP) is 35.2. The van der Waals surface area contributed by atoms with Gasteiger partial charge in [-0.25, -0.2) is 64.4 Å². The Kier molecular flexibility index (Phi) is 32.2. The first-order valence-electron chi connectivity index (χ1n) is 45.3. The maximum Gasteiger partial charge on any atom is 2.00 e. The molecule has 0 bridgehead atoms. The number of hydrogen-bond donors (Lipinski definition) is 0. The number of rotatable bonds is 16. The number of benzene rings is 12. The van der Waals surface area contributed by atoms with Crippen LogP contribution in [0.5, 0.6) is 46.5 Å². The van der Waals surface area contributed by atoms with Gasteiger partial charge in [0.15, 0.2) is 0 Å². The van der Waals surface area contributed by atoms with Gasteiger partial charge in [0.05, 0.1) is 27.3 Å². The monoisotopic (exact) mass is 2710 g/mol. The Labute approximate surface area is 900 Å². The SMILES string of the molecule is Cc1ccc(Oc2[c-]c(-c3[c-]c4c(cc3)c3ccccc3p4-c3cc(C)ccn3)ccc2)nc1.Cc1ccnc(-p2c3[c-]c(-c4[c-]c(Oc5cc(C(F)(F)F)ccn5)ccc4)ccc3c3ccccc32)c1.Cc1ccnc(-p2c3[c-]c(-c4[c-]c(Oc5cccc(C)n5)ccc4)ccc3c3ccccc32)c1.Cc1ccnc(-p2c3[c-]c(-c4[c-]c(Oc5ncccc5C(F)(F)F)ccc4)ccc3c3ccccc32)c1.[Pt+2].[Pt+2].[Pt+2].[Pt+2]. The minimum absolute atomic E-state index is 0. The molecule has 12 nitrogen and oxygen atoms in total. The quantitative estimate of drug-likeness (QED) is 0.0672. The van der Waals surface area contributed by atoms with Crippen molar-refractivity contribution in [2.75, 3.05) is 0 Å². The normalized spacial score (nSPS) is 11.7. The second-order valence-electron chi connectivity index (χ2n) is 33.9. The van der Waals surface area contributed by atoms with Gasteiger partial charge in [0.1, 0.15) is 5.56 Å². The molecular weight excluding hydrogens is 2640 g/mol. The van der Waals surface area contributed by atoms with Crippen molar-refractivity contribution in [2.45, 2.75) is 53.9 Å². The Bertz CT molecular complexity index is 8950. The van der Waals surface area contributed by atoms with Crippen molar-refractivity contribution in [1.82, 2.24) is 39.9 Å². The molecule has 0 N–H and O–H groups in total. The third-order valence-corrected chi connectivity index (χ3v) is 33.3. The summed E-state index contributed by atoms with van der Waals surface area (Å²) in [4.78, 5) is 35.4. The van der Waals surface area contributed by atoms with Crippen molar-refractivity contribution in [1.29, 1.82) is 0 Å². The fraction of sp³-hybridized carbons (Fsp3) is 0.0667. The van der Waals surface area contributed by atoms with Gasteiger partial charge in [0.2, 0.25) is 23.5 Å². The Hall–Kier alpha value is -13.4. The van der Waals surface area contributed by atoms with Crippen LogP contribution in [0.1, 0.15) is 44.6 Å². The average molecular weight is 2710 g/mol. The van der Waals surface area contributed by atoms with Crippen LogP contribution >= 0.6 is 30.1 Å². The van der Waals surface area contributed by atoms with E-state index >= 15 is 0 Å². The molecule has 0 saturated carbocycles. The van der Waals surface area contributed by atoms with Crippen LogP contribution in [-0.4, -0.2) is 39.9 Å². The van der Waals surface area contributed by atoms with Crippen molar-refractivity contribution >= 4 is 114 Å². The number of ether oxygens (including phenoxy) is 4. The zero-order chi connectivity index (χ0) is 97.3. The molecule has 12 aromatic carbocycles. The van der Waals surface area contributed by atoms with E-state index in [1.165, 1.54) is 86.4 Å². The van der Waals surface area contributed by atoms with Crippen LogP contribution in [0.4, 0.5) is 26.3 Å². The third-order valence-electron chi connectivity index (χ3n) is 23.8. The first-order valence-corrected chi connectivity index (χ1v) is 50.7. The molecule has 724 valence electrons. The first kappa shape index (κ1) is 104. The van der Waals surface area contributed by atoms with E-state index in [2.05, 4.69) is 230 Å². The van der Waals surface area contributed by atoms with E-state index in [0.717, 1.165) is 128 Å². The largest absolute Gasteiger partial charge is 2.00 e. The molecule has 0 radical (unpaired) electrons. The van der Waals surface area contributed by atoms with Crippen molar-refractivity contribution in [2.24, 2.45) is 0 Å². The van der Waals surface area contributed by atoms with E-state index in [1.807, 2.05) is 178 Å². The summed E-state index contributed by atoms with van der Waals surface area (Å²) in [5, 5.41) is 19.4. The Morgan fingerprint density at radius 1 is 0.240 bits per heavy atom. The maximum absolute atomic E-state index is 13.4. The van der Waals surface area contributed by atoms with Gasteiger partial charge in [-0.1, -0.05) is 181 Å². The Balaban J connectivity index is 0.000000132. The summed E-state index contributed by atoms with van der Waals surface area (Å²) in [6, 6.07) is 131. The molecule has 12 heterocycles. The smallest absolute Gasteiger partial charge is 0.460 e. The van der Waals surface area contributed by atoms with Crippen molar-refractivity contribution in [3.8, 4) is 113 Å². The molecule has 0 saturated heterocycles. The summed E-state index contributed by atoms with van der Waals surface area (Å²) in [7, 11) is -3.33. The number of fused-ring (bicyclic) bond motifs is 12. The van der Waals surface area contributed by atoms with Crippen LogP contribution in [-0.2, 0) is 96.6 Å². The molecule has 0 aliphatic heterocycles. The van der Waals surface area contributed by atoms with Crippen molar-refractivity contribution < 1.29 is 130 Å². The van der Waals surface area contributed by atoms with Crippen molar-refractivity contribution in [3.63, 3.8) is 0 Å². The maximum atomic E-state index is 13.4. The van der Waals surface area contributed by atoms with Gasteiger partial charge in [-0.15, -0.1) is 72.8 Å². The summed E-state index contributed by atoms with van der Waals surface area (Å²) in [5.41, 5.74) is 16.1. The molecule has 146 heavy (non-hydrogen) atoms. The van der Waals surface area contributed by atoms with Gasteiger partial charge < -0.3 is 18.9 Å². The van der Waals surface area contributed by atoms with Crippen LogP contribution in [0.3, 0.4) is 0 Å². The molecule has 0 spiro atoms. The number of aromatic nitrogens is 8. The van der Waals surface area contributed by atoms with Crippen LogP contribution in [0.2, 0.25) is 0 Å². The molecule has 12 aromatic heterocycles. The summed E-state index contributed by atoms with van der Waals surface area (Å²) in [5.74, 6) is 2.14. The molecule has 0 aliphatic carbocycles. The number of pyridine rings is 8.